The molecule has 2 atom stereocenters. The molecule has 1 aromatic carbocycles. The van der Waals surface area contributed by atoms with E-state index in [4.69, 9.17) is 0 Å². The number of non-ortho nitro benzene ring substituents is 1. The first-order valence-corrected chi connectivity index (χ1v) is 7.84. The standard InChI is InChI=1S/C11H11N3O3S2/c15-14(16)7-1-2-10-9(5-7)13-11(18-10)19(17)8-3-4-12-6-8/h1-2,5,8,12H,3-4,6H2/t8-,19+/m0/s1. The third kappa shape index (κ3) is 2.38. The van der Waals surface area contributed by atoms with Crippen LogP contribution in [0.5, 0.6) is 0 Å². The summed E-state index contributed by atoms with van der Waals surface area (Å²) in [6.45, 7) is 1.62. The van der Waals surface area contributed by atoms with Gasteiger partial charge in [-0.3, -0.25) is 14.3 Å². The van der Waals surface area contributed by atoms with Crippen molar-refractivity contribution in [3.05, 3.63) is 28.3 Å². The van der Waals surface area contributed by atoms with Gasteiger partial charge in [-0.2, -0.15) is 0 Å². The Labute approximate surface area is 115 Å². The van der Waals surface area contributed by atoms with Gasteiger partial charge in [0.1, 0.15) is 0 Å². The lowest BCUT2D eigenvalue weighted by atomic mass is 10.3. The van der Waals surface area contributed by atoms with Crippen LogP contribution in [0.4, 0.5) is 5.69 Å². The van der Waals surface area contributed by atoms with Gasteiger partial charge < -0.3 is 5.32 Å². The largest absolute Gasteiger partial charge is 0.315 e. The van der Waals surface area contributed by atoms with E-state index in [0.717, 1.165) is 24.2 Å². The average Bonchev–Trinajstić information content (AvgIpc) is 3.06. The summed E-state index contributed by atoms with van der Waals surface area (Å²) in [6, 6.07) is 4.54. The van der Waals surface area contributed by atoms with Gasteiger partial charge in [0.15, 0.2) is 4.34 Å². The van der Waals surface area contributed by atoms with E-state index in [1.807, 2.05) is 0 Å². The van der Waals surface area contributed by atoms with E-state index in [1.165, 1.54) is 23.5 Å². The number of benzene rings is 1. The topological polar surface area (TPSA) is 85.1 Å². The van der Waals surface area contributed by atoms with Crippen molar-refractivity contribution in [2.24, 2.45) is 0 Å². The summed E-state index contributed by atoms with van der Waals surface area (Å²) in [5, 5.41) is 14.0. The minimum Gasteiger partial charge on any atom is -0.315 e. The molecule has 1 fully saturated rings. The lowest BCUT2D eigenvalue weighted by Crippen LogP contribution is -2.18. The van der Waals surface area contributed by atoms with Crippen LogP contribution >= 0.6 is 11.3 Å². The maximum absolute atomic E-state index is 12.3. The number of hydrogen-bond donors (Lipinski definition) is 1. The first kappa shape index (κ1) is 12.6. The van der Waals surface area contributed by atoms with Crippen LogP contribution < -0.4 is 5.32 Å². The molecule has 6 nitrogen and oxygen atoms in total. The number of nitrogens with one attached hydrogen (secondary N) is 1. The van der Waals surface area contributed by atoms with Gasteiger partial charge in [-0.15, -0.1) is 11.3 Å². The predicted molar refractivity (Wildman–Crippen MR) is 74.0 cm³/mol. The molecule has 1 aliphatic heterocycles. The van der Waals surface area contributed by atoms with Crippen LogP contribution in [0, 0.1) is 10.1 Å². The number of nitro benzene ring substituents is 1. The Bertz CT molecular complexity index is 664. The van der Waals surface area contributed by atoms with Crippen molar-refractivity contribution in [2.75, 3.05) is 13.1 Å². The quantitative estimate of drug-likeness (QED) is 0.688. The summed E-state index contributed by atoms with van der Waals surface area (Å²) in [6.07, 6.45) is 0.878. The molecule has 8 heteroatoms. The molecule has 0 aliphatic carbocycles. The van der Waals surface area contributed by atoms with Crippen LogP contribution in [0.15, 0.2) is 22.5 Å². The van der Waals surface area contributed by atoms with Gasteiger partial charge in [-0.1, -0.05) is 0 Å². The highest BCUT2D eigenvalue weighted by Gasteiger charge is 2.25. The van der Waals surface area contributed by atoms with Gasteiger partial charge in [-0.05, 0) is 19.0 Å². The molecule has 1 aromatic heterocycles. The molecule has 0 unspecified atom stereocenters. The van der Waals surface area contributed by atoms with Crippen LogP contribution in [-0.2, 0) is 10.8 Å². The molecule has 1 N–H and O–H groups in total. The van der Waals surface area contributed by atoms with Gasteiger partial charge in [0.2, 0.25) is 0 Å². The van der Waals surface area contributed by atoms with Crippen molar-refractivity contribution in [3.63, 3.8) is 0 Å². The fourth-order valence-corrected chi connectivity index (χ4v) is 4.81. The molecule has 2 aromatic rings. The molecule has 0 spiro atoms. The molecule has 2 heterocycles. The average molecular weight is 297 g/mol. The van der Waals surface area contributed by atoms with Crippen molar-refractivity contribution in [3.8, 4) is 0 Å². The second-order valence-corrected chi connectivity index (χ2v) is 7.24. The normalized spacial score (nSPS) is 20.7. The zero-order valence-corrected chi connectivity index (χ0v) is 11.5. The fourth-order valence-electron chi connectivity index (χ4n) is 2.05. The zero-order chi connectivity index (χ0) is 13.4. The van der Waals surface area contributed by atoms with E-state index < -0.39 is 15.7 Å². The van der Waals surface area contributed by atoms with Gasteiger partial charge >= 0.3 is 0 Å². The van der Waals surface area contributed by atoms with Gasteiger partial charge in [-0.25, -0.2) is 4.98 Å². The fraction of sp³-hybridized carbons (Fsp3) is 0.364. The van der Waals surface area contributed by atoms with E-state index in [-0.39, 0.29) is 10.9 Å². The highest BCUT2D eigenvalue weighted by molar-refractivity contribution is 7.88. The third-order valence-corrected chi connectivity index (χ3v) is 6.07. The molecule has 0 amide bonds. The van der Waals surface area contributed by atoms with Crippen molar-refractivity contribution in [1.82, 2.24) is 10.3 Å². The third-order valence-electron chi connectivity index (χ3n) is 3.05. The molecule has 0 saturated carbocycles. The Kier molecular flexibility index (Phi) is 3.29. The maximum Gasteiger partial charge on any atom is 0.271 e. The Morgan fingerprint density at radius 3 is 3.05 bits per heavy atom. The number of fused-ring (bicyclic) bond motifs is 1. The number of rotatable bonds is 3. The SMILES string of the molecule is O=[N+]([O-])c1ccc2sc([S@](=O)[C@H]3CCNC3)nc2c1. The summed E-state index contributed by atoms with van der Waals surface area (Å²) in [7, 11) is -1.13. The molecule has 0 radical (unpaired) electrons. The minimum atomic E-state index is -1.13. The number of nitrogens with zero attached hydrogens (tertiary/aromatic N) is 2. The van der Waals surface area contributed by atoms with Gasteiger partial charge in [0, 0.05) is 18.7 Å². The number of nitro groups is 1. The summed E-state index contributed by atoms with van der Waals surface area (Å²) >= 11 is 1.35. The molecular formula is C11H11N3O3S2. The van der Waals surface area contributed by atoms with Crippen molar-refractivity contribution in [2.45, 2.75) is 16.0 Å². The van der Waals surface area contributed by atoms with Crippen LogP contribution in [0.2, 0.25) is 0 Å². The molecule has 19 heavy (non-hydrogen) atoms. The van der Waals surface area contributed by atoms with E-state index in [9.17, 15) is 14.3 Å². The molecule has 1 aliphatic rings. The van der Waals surface area contributed by atoms with E-state index >= 15 is 0 Å². The van der Waals surface area contributed by atoms with Crippen LogP contribution in [-0.4, -0.2) is 32.5 Å². The number of hydrogen-bond acceptors (Lipinski definition) is 6. The van der Waals surface area contributed by atoms with Crippen molar-refractivity contribution >= 4 is 38.0 Å². The smallest absolute Gasteiger partial charge is 0.271 e. The second-order valence-electron chi connectivity index (χ2n) is 4.30. The van der Waals surface area contributed by atoms with E-state index in [2.05, 4.69) is 10.3 Å². The van der Waals surface area contributed by atoms with Gasteiger partial charge in [0.25, 0.3) is 5.69 Å². The summed E-state index contributed by atoms with van der Waals surface area (Å²) in [5.74, 6) is 0. The van der Waals surface area contributed by atoms with Gasteiger partial charge in [0.05, 0.1) is 31.2 Å². The minimum absolute atomic E-state index is 0.0117. The molecule has 1 saturated heterocycles. The highest BCUT2D eigenvalue weighted by atomic mass is 32.2. The second kappa shape index (κ2) is 4.95. The zero-order valence-electron chi connectivity index (χ0n) is 9.87. The van der Waals surface area contributed by atoms with Crippen molar-refractivity contribution < 1.29 is 9.13 Å². The summed E-state index contributed by atoms with van der Waals surface area (Å²) < 4.78 is 13.7. The summed E-state index contributed by atoms with van der Waals surface area (Å²) in [5.41, 5.74) is 0.561. The molecule has 0 bridgehead atoms. The van der Waals surface area contributed by atoms with Crippen LogP contribution in [0.3, 0.4) is 0 Å². The molecule has 100 valence electrons. The number of aromatic nitrogens is 1. The van der Waals surface area contributed by atoms with Crippen LogP contribution in [0.1, 0.15) is 6.42 Å². The maximum atomic E-state index is 12.3. The Morgan fingerprint density at radius 2 is 2.37 bits per heavy atom. The first-order valence-electron chi connectivity index (χ1n) is 5.81. The first-order chi connectivity index (χ1) is 9.15. The lowest BCUT2D eigenvalue weighted by molar-refractivity contribution is -0.384. The number of thiazole rings is 1. The lowest BCUT2D eigenvalue weighted by Gasteiger charge is -2.03. The molecule has 3 rings (SSSR count). The van der Waals surface area contributed by atoms with E-state index in [0.29, 0.717) is 9.86 Å². The Morgan fingerprint density at radius 1 is 1.53 bits per heavy atom. The van der Waals surface area contributed by atoms with E-state index in [1.54, 1.807) is 6.07 Å². The Hall–Kier alpha value is -1.38. The Balaban J connectivity index is 1.96. The predicted octanol–water partition coefficient (Wildman–Crippen LogP) is 1.67. The highest BCUT2D eigenvalue weighted by Crippen LogP contribution is 2.29. The molecular weight excluding hydrogens is 286 g/mol. The summed E-state index contributed by atoms with van der Waals surface area (Å²) in [4.78, 5) is 14.5. The monoisotopic (exact) mass is 297 g/mol. The van der Waals surface area contributed by atoms with Crippen molar-refractivity contribution in [1.29, 1.82) is 0 Å². The van der Waals surface area contributed by atoms with Crippen LogP contribution in [0.25, 0.3) is 10.2 Å².